The Labute approximate surface area is 172 Å². The van der Waals surface area contributed by atoms with Gasteiger partial charge in [0.1, 0.15) is 17.8 Å². The zero-order valence-corrected chi connectivity index (χ0v) is 17.3. The molecule has 0 spiro atoms. The fourth-order valence-electron chi connectivity index (χ4n) is 3.76. The van der Waals surface area contributed by atoms with E-state index in [0.717, 1.165) is 6.42 Å². The van der Waals surface area contributed by atoms with Crippen LogP contribution in [0.25, 0.3) is 5.78 Å². The topological polar surface area (TPSA) is 89.4 Å². The van der Waals surface area contributed by atoms with Crippen molar-refractivity contribution in [2.75, 3.05) is 13.1 Å². The number of rotatable bonds is 3. The number of likely N-dealkylation sites (tertiary alicyclic amines) is 1. The molecule has 0 N–H and O–H groups in total. The number of aromatic nitrogens is 5. The van der Waals surface area contributed by atoms with Gasteiger partial charge in [-0.15, -0.1) is 0 Å². The van der Waals surface area contributed by atoms with Crippen LogP contribution in [0.1, 0.15) is 74.1 Å². The number of nitrogens with zero attached hydrogens (tertiary/aromatic N) is 6. The van der Waals surface area contributed by atoms with E-state index in [9.17, 15) is 13.6 Å². The molecule has 1 amide bonds. The third-order valence-corrected chi connectivity index (χ3v) is 5.62. The van der Waals surface area contributed by atoms with Crippen LogP contribution in [0.15, 0.2) is 23.0 Å². The lowest BCUT2D eigenvalue weighted by Crippen LogP contribution is -2.42. The van der Waals surface area contributed by atoms with E-state index in [1.54, 1.807) is 11.0 Å². The number of halogens is 2. The van der Waals surface area contributed by atoms with Crippen LogP contribution < -0.4 is 0 Å². The number of carbonyl (C=O) groups is 1. The highest BCUT2D eigenvalue weighted by atomic mass is 19.3. The molecule has 30 heavy (non-hydrogen) atoms. The van der Waals surface area contributed by atoms with Gasteiger partial charge in [0.15, 0.2) is 5.69 Å². The van der Waals surface area contributed by atoms with Crippen molar-refractivity contribution in [1.29, 1.82) is 0 Å². The van der Waals surface area contributed by atoms with Crippen LogP contribution in [0.5, 0.6) is 0 Å². The van der Waals surface area contributed by atoms with E-state index in [1.807, 2.05) is 27.7 Å². The van der Waals surface area contributed by atoms with E-state index in [0.29, 0.717) is 24.5 Å². The molecule has 10 heteroatoms. The molecule has 0 aromatic carbocycles. The van der Waals surface area contributed by atoms with Crippen molar-refractivity contribution in [3.63, 3.8) is 0 Å². The van der Waals surface area contributed by atoms with Crippen LogP contribution in [0.2, 0.25) is 0 Å². The first kappa shape index (κ1) is 20.4. The Morgan fingerprint density at radius 3 is 2.73 bits per heavy atom. The average Bonchev–Trinajstić information content (AvgIpc) is 3.36. The van der Waals surface area contributed by atoms with E-state index >= 15 is 0 Å². The van der Waals surface area contributed by atoms with Crippen molar-refractivity contribution < 1.29 is 18.1 Å². The lowest BCUT2D eigenvalue weighted by Gasteiger charge is -2.37. The molecular formula is C20H24F2N6O2. The molecule has 4 heterocycles. The summed E-state index contributed by atoms with van der Waals surface area (Å²) in [5.74, 6) is 0.500. The number of hydrogen-bond donors (Lipinski definition) is 0. The normalized spacial score (nSPS) is 20.3. The van der Waals surface area contributed by atoms with Crippen molar-refractivity contribution in [2.24, 2.45) is 5.92 Å². The van der Waals surface area contributed by atoms with Gasteiger partial charge in [0, 0.05) is 30.5 Å². The first-order valence-electron chi connectivity index (χ1n) is 9.90. The third-order valence-electron chi connectivity index (χ3n) is 5.62. The molecule has 3 aromatic heterocycles. The highest BCUT2D eigenvalue weighted by molar-refractivity contribution is 5.92. The predicted molar refractivity (Wildman–Crippen MR) is 103 cm³/mol. The fraction of sp³-hybridized carbons (Fsp3) is 0.550. The van der Waals surface area contributed by atoms with Gasteiger partial charge in [-0.05, 0) is 18.4 Å². The van der Waals surface area contributed by atoms with E-state index in [1.165, 1.54) is 16.9 Å². The fourth-order valence-corrected chi connectivity index (χ4v) is 3.76. The van der Waals surface area contributed by atoms with Crippen molar-refractivity contribution >= 4 is 11.7 Å². The summed E-state index contributed by atoms with van der Waals surface area (Å²) in [5, 5.41) is 8.11. The molecule has 0 radical (unpaired) electrons. The summed E-state index contributed by atoms with van der Waals surface area (Å²) in [5.41, 5.74) is 0.231. The van der Waals surface area contributed by atoms with Gasteiger partial charge < -0.3 is 9.42 Å². The van der Waals surface area contributed by atoms with Gasteiger partial charge in [-0.3, -0.25) is 4.79 Å². The standard InChI is InChI=1S/C20H24F2N6O2/c1-11-5-6-27(18(29)14-8-16(30-26-14)20(2,3)4)9-12(11)15-7-13(17(21)22)25-19-23-10-24-28(15)19/h7-8,10-12,17H,5-6,9H2,1-4H3/t11-,12-/m1/s1. The molecule has 1 saturated heterocycles. The summed E-state index contributed by atoms with van der Waals surface area (Å²) in [6, 6.07) is 3.04. The lowest BCUT2D eigenvalue weighted by molar-refractivity contribution is 0.0654. The van der Waals surface area contributed by atoms with Crippen molar-refractivity contribution in [3.05, 3.63) is 41.3 Å². The maximum Gasteiger partial charge on any atom is 0.280 e. The Morgan fingerprint density at radius 1 is 1.30 bits per heavy atom. The third kappa shape index (κ3) is 3.66. The second kappa shape index (κ2) is 7.41. The quantitative estimate of drug-likeness (QED) is 0.646. The number of amides is 1. The number of hydrogen-bond acceptors (Lipinski definition) is 6. The Bertz CT molecular complexity index is 1070. The summed E-state index contributed by atoms with van der Waals surface area (Å²) < 4.78 is 33.6. The first-order chi connectivity index (χ1) is 14.1. The molecule has 0 aliphatic carbocycles. The largest absolute Gasteiger partial charge is 0.360 e. The molecular weight excluding hydrogens is 394 g/mol. The van der Waals surface area contributed by atoms with E-state index in [-0.39, 0.29) is 40.3 Å². The Hall–Kier alpha value is -2.91. The van der Waals surface area contributed by atoms with Gasteiger partial charge >= 0.3 is 0 Å². The Morgan fingerprint density at radius 2 is 2.07 bits per heavy atom. The highest BCUT2D eigenvalue weighted by Crippen LogP contribution is 2.34. The maximum absolute atomic E-state index is 13.4. The molecule has 1 aliphatic heterocycles. The van der Waals surface area contributed by atoms with Gasteiger partial charge in [0.05, 0.1) is 5.69 Å². The van der Waals surface area contributed by atoms with Crippen LogP contribution in [0.4, 0.5) is 8.78 Å². The lowest BCUT2D eigenvalue weighted by atomic mass is 9.84. The maximum atomic E-state index is 13.4. The number of alkyl halides is 2. The minimum absolute atomic E-state index is 0.129. The van der Waals surface area contributed by atoms with Crippen LogP contribution >= 0.6 is 0 Å². The molecule has 3 aromatic rings. The summed E-state index contributed by atoms with van der Waals surface area (Å²) in [6.45, 7) is 8.90. The summed E-state index contributed by atoms with van der Waals surface area (Å²) in [6.07, 6.45) is -0.697. The van der Waals surface area contributed by atoms with Gasteiger partial charge in [0.2, 0.25) is 0 Å². The zero-order chi connectivity index (χ0) is 21.6. The van der Waals surface area contributed by atoms with Crippen molar-refractivity contribution in [2.45, 2.75) is 51.9 Å². The van der Waals surface area contributed by atoms with Gasteiger partial charge in [-0.1, -0.05) is 32.9 Å². The summed E-state index contributed by atoms with van der Waals surface area (Å²) in [7, 11) is 0. The monoisotopic (exact) mass is 418 g/mol. The molecule has 1 aliphatic rings. The molecule has 8 nitrogen and oxygen atoms in total. The van der Waals surface area contributed by atoms with Gasteiger partial charge in [-0.2, -0.15) is 10.1 Å². The Balaban J connectivity index is 1.64. The van der Waals surface area contributed by atoms with Crippen LogP contribution in [-0.2, 0) is 5.41 Å². The molecule has 2 atom stereocenters. The van der Waals surface area contributed by atoms with E-state index < -0.39 is 6.43 Å². The zero-order valence-electron chi connectivity index (χ0n) is 17.3. The molecule has 0 bridgehead atoms. The minimum Gasteiger partial charge on any atom is -0.360 e. The van der Waals surface area contributed by atoms with Gasteiger partial charge in [-0.25, -0.2) is 18.3 Å². The molecule has 4 rings (SSSR count). The summed E-state index contributed by atoms with van der Waals surface area (Å²) in [4.78, 5) is 22.6. The minimum atomic E-state index is -2.71. The summed E-state index contributed by atoms with van der Waals surface area (Å²) >= 11 is 0. The smallest absolute Gasteiger partial charge is 0.280 e. The first-order valence-corrected chi connectivity index (χ1v) is 9.90. The van der Waals surface area contributed by atoms with Crippen molar-refractivity contribution in [3.8, 4) is 0 Å². The van der Waals surface area contributed by atoms with E-state index in [4.69, 9.17) is 4.52 Å². The SMILES string of the molecule is C[C@@H]1CCN(C(=O)c2cc(C(C)(C)C)on2)C[C@H]1c1cc(C(F)F)nc2ncnn12. The van der Waals surface area contributed by atoms with E-state index in [2.05, 4.69) is 20.2 Å². The molecule has 0 saturated carbocycles. The molecule has 160 valence electrons. The number of piperidine rings is 1. The highest BCUT2D eigenvalue weighted by Gasteiger charge is 2.34. The second-order valence-electron chi connectivity index (χ2n) is 8.83. The average molecular weight is 418 g/mol. The van der Waals surface area contributed by atoms with Crippen LogP contribution in [-0.4, -0.2) is 48.6 Å². The molecule has 0 unspecified atom stereocenters. The Kier molecular flexibility index (Phi) is 5.03. The second-order valence-corrected chi connectivity index (χ2v) is 8.83. The predicted octanol–water partition coefficient (Wildman–Crippen LogP) is 3.61. The number of carbonyl (C=O) groups excluding carboxylic acids is 1. The number of fused-ring (bicyclic) bond motifs is 1. The van der Waals surface area contributed by atoms with Gasteiger partial charge in [0.25, 0.3) is 18.1 Å². The van der Waals surface area contributed by atoms with Crippen molar-refractivity contribution in [1.82, 2.24) is 29.6 Å². The van der Waals surface area contributed by atoms with Crippen LogP contribution in [0, 0.1) is 5.92 Å². The molecule has 1 fully saturated rings. The van der Waals surface area contributed by atoms with Crippen LogP contribution in [0.3, 0.4) is 0 Å².